The first-order valence-electron chi connectivity index (χ1n) is 9.57. The van der Waals surface area contributed by atoms with Crippen molar-refractivity contribution < 1.29 is 18.7 Å². The fourth-order valence-electron chi connectivity index (χ4n) is 3.09. The molecular weight excluding hydrogens is 472 g/mol. The van der Waals surface area contributed by atoms with Gasteiger partial charge in [0.1, 0.15) is 18.2 Å². The number of thioether (sulfide) groups is 1. The van der Waals surface area contributed by atoms with Gasteiger partial charge in [0.15, 0.2) is 0 Å². The van der Waals surface area contributed by atoms with Crippen LogP contribution in [-0.4, -0.2) is 16.0 Å². The van der Waals surface area contributed by atoms with Gasteiger partial charge in [-0.3, -0.25) is 14.5 Å². The Bertz CT molecular complexity index is 1190. The fraction of sp³-hybridized carbons (Fsp3) is 0.0833. The highest BCUT2D eigenvalue weighted by Gasteiger charge is 2.35. The van der Waals surface area contributed by atoms with Gasteiger partial charge in [-0.15, -0.1) is 0 Å². The second-order valence-electron chi connectivity index (χ2n) is 6.92. The van der Waals surface area contributed by atoms with Crippen LogP contribution in [0.5, 0.6) is 5.75 Å². The molecule has 4 rings (SSSR count). The van der Waals surface area contributed by atoms with Gasteiger partial charge in [0, 0.05) is 21.2 Å². The van der Waals surface area contributed by atoms with Crippen LogP contribution < -0.4 is 4.74 Å². The largest absolute Gasteiger partial charge is 0.488 e. The molecule has 8 heteroatoms. The Morgan fingerprint density at radius 1 is 0.938 bits per heavy atom. The number of carbonyl (C=O) groups is 2. The van der Waals surface area contributed by atoms with E-state index in [1.54, 1.807) is 48.5 Å². The lowest BCUT2D eigenvalue weighted by molar-refractivity contribution is -0.123. The molecule has 0 atom stereocenters. The van der Waals surface area contributed by atoms with Crippen molar-refractivity contribution in [3.8, 4) is 5.75 Å². The van der Waals surface area contributed by atoms with Crippen LogP contribution in [0.4, 0.5) is 9.18 Å². The quantitative estimate of drug-likeness (QED) is 0.353. The van der Waals surface area contributed by atoms with Crippen LogP contribution in [0, 0.1) is 5.82 Å². The van der Waals surface area contributed by atoms with Crippen LogP contribution in [0.1, 0.15) is 16.7 Å². The maximum Gasteiger partial charge on any atom is 0.293 e. The number of halogens is 3. The van der Waals surface area contributed by atoms with E-state index in [4.69, 9.17) is 27.9 Å². The third-order valence-electron chi connectivity index (χ3n) is 4.76. The van der Waals surface area contributed by atoms with Gasteiger partial charge in [-0.2, -0.15) is 0 Å². The molecule has 0 aliphatic carbocycles. The summed E-state index contributed by atoms with van der Waals surface area (Å²) in [6, 6.07) is 18.2. The molecule has 0 saturated carbocycles. The molecule has 0 spiro atoms. The third kappa shape index (κ3) is 4.99. The Morgan fingerprint density at radius 2 is 1.62 bits per heavy atom. The van der Waals surface area contributed by atoms with Crippen LogP contribution >= 0.6 is 35.0 Å². The summed E-state index contributed by atoms with van der Waals surface area (Å²) in [7, 11) is 0. The molecule has 1 heterocycles. The summed E-state index contributed by atoms with van der Waals surface area (Å²) in [5.74, 6) is -0.204. The highest BCUT2D eigenvalue weighted by atomic mass is 35.5. The lowest BCUT2D eigenvalue weighted by Gasteiger charge is -2.14. The van der Waals surface area contributed by atoms with E-state index in [-0.39, 0.29) is 23.9 Å². The van der Waals surface area contributed by atoms with E-state index in [1.165, 1.54) is 12.1 Å². The molecule has 2 amide bonds. The third-order valence-corrected chi connectivity index (χ3v) is 6.38. The number of ether oxygens (including phenoxy) is 1. The monoisotopic (exact) mass is 487 g/mol. The Hall–Kier alpha value is -2.80. The lowest BCUT2D eigenvalue weighted by atomic mass is 10.1. The fourth-order valence-corrected chi connectivity index (χ4v) is 4.44. The van der Waals surface area contributed by atoms with Crippen molar-refractivity contribution in [2.45, 2.75) is 13.2 Å². The zero-order valence-corrected chi connectivity index (χ0v) is 18.9. The van der Waals surface area contributed by atoms with E-state index < -0.39 is 11.1 Å². The summed E-state index contributed by atoms with van der Waals surface area (Å²) in [5.41, 5.74) is 1.97. The molecule has 1 aliphatic heterocycles. The Balaban J connectivity index is 1.53. The highest BCUT2D eigenvalue weighted by molar-refractivity contribution is 8.18. The van der Waals surface area contributed by atoms with Gasteiger partial charge in [0.2, 0.25) is 0 Å². The minimum Gasteiger partial charge on any atom is -0.488 e. The molecule has 1 fully saturated rings. The van der Waals surface area contributed by atoms with Gasteiger partial charge in [0.25, 0.3) is 11.1 Å². The second kappa shape index (κ2) is 9.77. The Kier molecular flexibility index (Phi) is 6.84. The number of amides is 2. The number of nitrogens with zero attached hydrogens (tertiary/aromatic N) is 1. The summed E-state index contributed by atoms with van der Waals surface area (Å²) in [6.45, 7) is 0.223. The van der Waals surface area contributed by atoms with E-state index in [0.717, 1.165) is 22.2 Å². The van der Waals surface area contributed by atoms with E-state index in [2.05, 4.69) is 0 Å². The number of rotatable bonds is 6. The SMILES string of the molecule is O=C1S/C(=C\c2ccccc2OCc2ccc(F)cc2)C(=O)N1Cc1c(Cl)cccc1Cl. The second-order valence-corrected chi connectivity index (χ2v) is 8.73. The average molecular weight is 488 g/mol. The molecule has 3 aromatic carbocycles. The van der Waals surface area contributed by atoms with Crippen molar-refractivity contribution in [3.63, 3.8) is 0 Å². The first-order chi connectivity index (χ1) is 15.4. The van der Waals surface area contributed by atoms with E-state index in [9.17, 15) is 14.0 Å². The molecule has 32 heavy (non-hydrogen) atoms. The molecule has 162 valence electrons. The Labute approximate surface area is 198 Å². The van der Waals surface area contributed by atoms with Crippen molar-refractivity contribution in [2.24, 2.45) is 0 Å². The van der Waals surface area contributed by atoms with Gasteiger partial charge >= 0.3 is 0 Å². The standard InChI is InChI=1S/C24H16Cl2FNO3S/c25-19-5-3-6-20(26)18(19)13-28-23(29)22(32-24(28)30)12-16-4-1-2-7-21(16)31-14-15-8-10-17(27)11-9-15/h1-12H,13-14H2/b22-12-. The van der Waals surface area contributed by atoms with E-state index >= 15 is 0 Å². The van der Waals surface area contributed by atoms with Crippen molar-refractivity contribution in [2.75, 3.05) is 0 Å². The minimum atomic E-state index is -0.427. The van der Waals surface area contributed by atoms with Crippen molar-refractivity contribution in [1.82, 2.24) is 4.90 Å². The average Bonchev–Trinajstić information content (AvgIpc) is 3.04. The zero-order chi connectivity index (χ0) is 22.7. The maximum atomic E-state index is 13.1. The van der Waals surface area contributed by atoms with Crippen molar-refractivity contribution in [3.05, 3.63) is 104 Å². The summed E-state index contributed by atoms with van der Waals surface area (Å²) in [6.07, 6.45) is 1.62. The summed E-state index contributed by atoms with van der Waals surface area (Å²) < 4.78 is 19.0. The van der Waals surface area contributed by atoms with Crippen molar-refractivity contribution in [1.29, 1.82) is 0 Å². The molecule has 0 bridgehead atoms. The molecule has 3 aromatic rings. The predicted molar refractivity (Wildman–Crippen MR) is 125 cm³/mol. The van der Waals surface area contributed by atoms with Crippen LogP contribution in [0.3, 0.4) is 0 Å². The van der Waals surface area contributed by atoms with E-state index in [1.807, 2.05) is 12.1 Å². The first-order valence-corrected chi connectivity index (χ1v) is 11.1. The molecule has 4 nitrogen and oxygen atoms in total. The molecule has 0 unspecified atom stereocenters. The summed E-state index contributed by atoms with van der Waals surface area (Å²) in [4.78, 5) is 26.8. The first kappa shape index (κ1) is 22.4. The molecule has 1 aliphatic rings. The molecule has 0 N–H and O–H groups in total. The van der Waals surface area contributed by atoms with Gasteiger partial charge in [-0.05, 0) is 53.7 Å². The summed E-state index contributed by atoms with van der Waals surface area (Å²) in [5, 5.41) is 0.377. The van der Waals surface area contributed by atoms with Gasteiger partial charge in [-0.25, -0.2) is 4.39 Å². The van der Waals surface area contributed by atoms with Gasteiger partial charge in [-0.1, -0.05) is 59.6 Å². The maximum absolute atomic E-state index is 13.1. The molecule has 0 radical (unpaired) electrons. The van der Waals surface area contributed by atoms with Crippen LogP contribution in [0.15, 0.2) is 71.6 Å². The van der Waals surface area contributed by atoms with Crippen LogP contribution in [-0.2, 0) is 17.9 Å². The number of para-hydroxylation sites is 1. The normalized spacial score (nSPS) is 15.0. The van der Waals surface area contributed by atoms with E-state index in [0.29, 0.717) is 26.9 Å². The van der Waals surface area contributed by atoms with Crippen LogP contribution in [0.25, 0.3) is 6.08 Å². The molecule has 1 saturated heterocycles. The van der Waals surface area contributed by atoms with Crippen LogP contribution in [0.2, 0.25) is 10.0 Å². The highest BCUT2D eigenvalue weighted by Crippen LogP contribution is 2.36. The minimum absolute atomic E-state index is 0.0107. The lowest BCUT2D eigenvalue weighted by Crippen LogP contribution is -2.27. The van der Waals surface area contributed by atoms with Crippen molar-refractivity contribution >= 4 is 52.2 Å². The number of carbonyl (C=O) groups excluding carboxylic acids is 2. The van der Waals surface area contributed by atoms with Gasteiger partial charge < -0.3 is 4.74 Å². The number of imide groups is 1. The molecular formula is C24H16Cl2FNO3S. The molecule has 0 aromatic heterocycles. The van der Waals surface area contributed by atoms with Gasteiger partial charge in [0.05, 0.1) is 11.4 Å². The number of hydrogen-bond acceptors (Lipinski definition) is 4. The zero-order valence-electron chi connectivity index (χ0n) is 16.6. The number of benzene rings is 3. The summed E-state index contributed by atoms with van der Waals surface area (Å²) >= 11 is 13.2. The predicted octanol–water partition coefficient (Wildman–Crippen LogP) is 6.95. The topological polar surface area (TPSA) is 46.6 Å². The number of hydrogen-bond donors (Lipinski definition) is 0. The smallest absolute Gasteiger partial charge is 0.293 e. The Morgan fingerprint density at radius 3 is 2.34 bits per heavy atom.